The number of carbonyl (C=O) groups is 1. The number of hydrogen-bond donors (Lipinski definition) is 2. The van der Waals surface area contributed by atoms with E-state index in [9.17, 15) is 24.4 Å². The molecule has 2 atom stereocenters. The van der Waals surface area contributed by atoms with Crippen LogP contribution >= 0.6 is 0 Å². The first-order valence-electron chi connectivity index (χ1n) is 6.41. The lowest BCUT2D eigenvalue weighted by Crippen LogP contribution is -2.51. The van der Waals surface area contributed by atoms with Crippen molar-refractivity contribution in [2.75, 3.05) is 24.7 Å². The van der Waals surface area contributed by atoms with Crippen LogP contribution in [0.15, 0.2) is 18.5 Å². The van der Waals surface area contributed by atoms with Gasteiger partial charge in [-0.3, -0.25) is 24.4 Å². The van der Waals surface area contributed by atoms with E-state index in [2.05, 4.69) is 10.3 Å². The van der Waals surface area contributed by atoms with Crippen molar-refractivity contribution in [1.82, 2.24) is 10.3 Å². The number of nitrogens with one attached hydrogen (secondary N) is 1. The summed E-state index contributed by atoms with van der Waals surface area (Å²) in [5.41, 5.74) is -0.434. The van der Waals surface area contributed by atoms with Crippen LogP contribution in [0.25, 0.3) is 0 Å². The van der Waals surface area contributed by atoms with E-state index in [1.54, 1.807) is 0 Å². The third-order valence-electron chi connectivity index (χ3n) is 3.44. The topological polar surface area (TPSA) is 109 Å². The summed E-state index contributed by atoms with van der Waals surface area (Å²) in [6.07, 6.45) is 1.31. The van der Waals surface area contributed by atoms with Crippen LogP contribution in [0, 0.1) is 16.0 Å². The Labute approximate surface area is 119 Å². The van der Waals surface area contributed by atoms with Gasteiger partial charge in [-0.25, -0.2) is 4.79 Å². The normalized spacial score (nSPS) is 21.8. The summed E-state index contributed by atoms with van der Waals surface area (Å²) in [4.78, 5) is 26.4. The van der Waals surface area contributed by atoms with Crippen LogP contribution in [-0.2, 0) is 0 Å². The highest BCUT2D eigenvalue weighted by Crippen LogP contribution is 2.30. The molecule has 8 nitrogen and oxygen atoms in total. The number of carboxylic acid groups (broad SMARTS) is 1. The van der Waals surface area contributed by atoms with Crippen molar-refractivity contribution in [2.45, 2.75) is 12.5 Å². The smallest absolute Gasteiger partial charge is 0.412 e. The van der Waals surface area contributed by atoms with Gasteiger partial charge in [0.1, 0.15) is 11.9 Å². The fourth-order valence-electron chi connectivity index (χ4n) is 2.50. The van der Waals surface area contributed by atoms with Gasteiger partial charge in [0.2, 0.25) is 0 Å². The minimum absolute atomic E-state index is 0.0474. The van der Waals surface area contributed by atoms with E-state index in [1.807, 2.05) is 0 Å². The summed E-state index contributed by atoms with van der Waals surface area (Å²) < 4.78 is 12.8. The maximum absolute atomic E-state index is 12.8. The number of nitrogens with zero attached hydrogens (tertiary/aromatic N) is 3. The van der Waals surface area contributed by atoms with Gasteiger partial charge in [0, 0.05) is 25.2 Å². The highest BCUT2D eigenvalue weighted by atomic mass is 19.1. The van der Waals surface area contributed by atoms with Gasteiger partial charge in [-0.15, -0.1) is 0 Å². The fraction of sp³-hybridized carbons (Fsp3) is 0.500. The highest BCUT2D eigenvalue weighted by Gasteiger charge is 2.34. The van der Waals surface area contributed by atoms with Gasteiger partial charge in [-0.05, 0) is 12.5 Å². The second-order valence-electron chi connectivity index (χ2n) is 4.84. The molecule has 0 spiro atoms. The first-order valence-corrected chi connectivity index (χ1v) is 6.41. The van der Waals surface area contributed by atoms with Crippen LogP contribution in [-0.4, -0.2) is 46.9 Å². The second-order valence-corrected chi connectivity index (χ2v) is 4.84. The molecule has 1 aliphatic heterocycles. The Morgan fingerprint density at radius 1 is 1.62 bits per heavy atom. The van der Waals surface area contributed by atoms with Crippen LogP contribution in [0.3, 0.4) is 0 Å². The Hall–Kier alpha value is -2.29. The van der Waals surface area contributed by atoms with E-state index in [0.29, 0.717) is 19.5 Å². The van der Waals surface area contributed by atoms with Crippen molar-refractivity contribution in [3.63, 3.8) is 0 Å². The molecule has 1 aromatic rings. The maximum Gasteiger partial charge on any atom is 0.412 e. The summed E-state index contributed by atoms with van der Waals surface area (Å²) in [5, 5.41) is 23.4. The molecule has 0 saturated carbocycles. The minimum atomic E-state index is -1.31. The predicted octanol–water partition coefficient (Wildman–Crippen LogP) is 1.42. The Morgan fingerprint density at radius 3 is 3.00 bits per heavy atom. The first kappa shape index (κ1) is 15.1. The Balaban J connectivity index is 2.35. The number of pyridine rings is 1. The third kappa shape index (κ3) is 3.24. The lowest BCUT2D eigenvalue weighted by atomic mass is 9.95. The van der Waals surface area contributed by atoms with Crippen molar-refractivity contribution in [3.8, 4) is 0 Å². The maximum atomic E-state index is 12.8. The van der Waals surface area contributed by atoms with E-state index in [1.165, 1.54) is 12.3 Å². The largest absolute Gasteiger partial charge is 0.465 e. The molecule has 9 heteroatoms. The van der Waals surface area contributed by atoms with Crippen molar-refractivity contribution < 1.29 is 19.2 Å². The molecule has 0 aromatic carbocycles. The average molecular weight is 298 g/mol. The number of anilines is 1. The molecule has 2 unspecified atom stereocenters. The van der Waals surface area contributed by atoms with E-state index >= 15 is 0 Å². The van der Waals surface area contributed by atoms with Crippen molar-refractivity contribution in [1.29, 1.82) is 0 Å². The molecule has 0 aliphatic carbocycles. The quantitative estimate of drug-likeness (QED) is 0.643. The van der Waals surface area contributed by atoms with Gasteiger partial charge in [-0.1, -0.05) is 0 Å². The molecule has 2 heterocycles. The second kappa shape index (κ2) is 6.44. The van der Waals surface area contributed by atoms with E-state index in [0.717, 1.165) is 11.1 Å². The molecule has 2 N–H and O–H groups in total. The molecule has 1 amide bonds. The van der Waals surface area contributed by atoms with E-state index in [-0.39, 0.29) is 17.3 Å². The summed E-state index contributed by atoms with van der Waals surface area (Å²) in [7, 11) is 0. The van der Waals surface area contributed by atoms with Crippen LogP contribution in [0.5, 0.6) is 0 Å². The molecular weight excluding hydrogens is 283 g/mol. The van der Waals surface area contributed by atoms with Crippen molar-refractivity contribution in [3.05, 3.63) is 28.6 Å². The zero-order valence-corrected chi connectivity index (χ0v) is 11.1. The number of amides is 1. The molecule has 21 heavy (non-hydrogen) atoms. The van der Waals surface area contributed by atoms with Gasteiger partial charge in [-0.2, -0.15) is 0 Å². The van der Waals surface area contributed by atoms with Gasteiger partial charge >= 0.3 is 11.8 Å². The van der Waals surface area contributed by atoms with Crippen molar-refractivity contribution >= 4 is 17.5 Å². The van der Waals surface area contributed by atoms with Crippen LogP contribution < -0.4 is 10.2 Å². The molecule has 2 rings (SSSR count). The molecule has 1 saturated heterocycles. The molecule has 0 radical (unpaired) electrons. The standard InChI is InChI=1S/C12H15FN4O4/c13-4-8-3-9(6-15-5-8)16(12(18)19)10-1-2-14-7-11(10)17(20)21/h1-2,7-9,15H,3-6H2,(H,18,19). The number of hydrogen-bond acceptors (Lipinski definition) is 5. The monoisotopic (exact) mass is 298 g/mol. The van der Waals surface area contributed by atoms with Gasteiger partial charge in [0.15, 0.2) is 0 Å². The molecular formula is C12H15FN4O4. The Bertz CT molecular complexity index is 542. The molecule has 1 aliphatic rings. The van der Waals surface area contributed by atoms with Crippen LogP contribution in [0.4, 0.5) is 20.6 Å². The van der Waals surface area contributed by atoms with Crippen molar-refractivity contribution in [2.24, 2.45) is 5.92 Å². The number of rotatable bonds is 4. The number of alkyl halides is 1. The Morgan fingerprint density at radius 2 is 2.38 bits per heavy atom. The lowest BCUT2D eigenvalue weighted by molar-refractivity contribution is -0.384. The molecule has 1 fully saturated rings. The SMILES string of the molecule is O=C(O)N(c1ccncc1[N+](=O)[O-])C1CNCC(CF)C1. The lowest BCUT2D eigenvalue weighted by Gasteiger charge is -2.35. The predicted molar refractivity (Wildman–Crippen MR) is 72.1 cm³/mol. The van der Waals surface area contributed by atoms with Gasteiger partial charge in [0.05, 0.1) is 17.6 Å². The van der Waals surface area contributed by atoms with Gasteiger partial charge < -0.3 is 10.4 Å². The zero-order valence-electron chi connectivity index (χ0n) is 11.1. The molecule has 1 aromatic heterocycles. The van der Waals surface area contributed by atoms with E-state index < -0.39 is 23.7 Å². The highest BCUT2D eigenvalue weighted by molar-refractivity contribution is 5.89. The van der Waals surface area contributed by atoms with Crippen LogP contribution in [0.1, 0.15) is 6.42 Å². The van der Waals surface area contributed by atoms with E-state index in [4.69, 9.17) is 0 Å². The minimum Gasteiger partial charge on any atom is -0.465 e. The number of nitro groups is 1. The summed E-state index contributed by atoms with van der Waals surface area (Å²) >= 11 is 0. The molecule has 0 bridgehead atoms. The zero-order chi connectivity index (χ0) is 15.4. The third-order valence-corrected chi connectivity index (χ3v) is 3.44. The summed E-state index contributed by atoms with van der Waals surface area (Å²) in [5.74, 6) is -0.300. The number of piperidine rings is 1. The number of aromatic nitrogens is 1. The molecule has 114 valence electrons. The summed E-state index contributed by atoms with van der Waals surface area (Å²) in [6.45, 7) is 0.233. The average Bonchev–Trinajstić information content (AvgIpc) is 2.47. The Kier molecular flexibility index (Phi) is 4.63. The van der Waals surface area contributed by atoms with Gasteiger partial charge in [0.25, 0.3) is 0 Å². The number of halogens is 1. The summed E-state index contributed by atoms with van der Waals surface area (Å²) in [6, 6.07) is 0.726. The fourth-order valence-corrected chi connectivity index (χ4v) is 2.50. The first-order chi connectivity index (χ1) is 10.0. The van der Waals surface area contributed by atoms with Crippen LogP contribution in [0.2, 0.25) is 0 Å².